The predicted octanol–water partition coefficient (Wildman–Crippen LogP) is 3.69. The Labute approximate surface area is 142 Å². The second kappa shape index (κ2) is 7.10. The van der Waals surface area contributed by atoms with Gasteiger partial charge in [-0.3, -0.25) is 15.2 Å². The molecular formula is C16H14ClN5O2. The Bertz CT molecular complexity index is 848. The van der Waals surface area contributed by atoms with Crippen molar-refractivity contribution in [2.45, 2.75) is 6.42 Å². The molecule has 1 heterocycles. The Balaban J connectivity index is 1.62. The highest BCUT2D eigenvalue weighted by molar-refractivity contribution is 6.30. The Hall–Kier alpha value is -2.93. The van der Waals surface area contributed by atoms with Gasteiger partial charge in [0.15, 0.2) is 5.82 Å². The van der Waals surface area contributed by atoms with Crippen molar-refractivity contribution in [1.29, 1.82) is 0 Å². The van der Waals surface area contributed by atoms with Gasteiger partial charge in [0.05, 0.1) is 4.92 Å². The molecule has 0 unspecified atom stereocenters. The first-order valence-electron chi connectivity index (χ1n) is 7.27. The van der Waals surface area contributed by atoms with Crippen molar-refractivity contribution in [1.82, 2.24) is 15.2 Å². The first kappa shape index (κ1) is 15.9. The van der Waals surface area contributed by atoms with Gasteiger partial charge in [-0.05, 0) is 24.3 Å². The lowest BCUT2D eigenvalue weighted by Gasteiger charge is -2.04. The van der Waals surface area contributed by atoms with Crippen LogP contribution in [-0.4, -0.2) is 26.6 Å². The minimum absolute atomic E-state index is 0.0169. The van der Waals surface area contributed by atoms with Crippen molar-refractivity contribution in [3.8, 4) is 11.4 Å². The molecule has 8 heteroatoms. The van der Waals surface area contributed by atoms with Gasteiger partial charge < -0.3 is 5.32 Å². The van der Waals surface area contributed by atoms with Crippen molar-refractivity contribution < 1.29 is 4.92 Å². The number of hydrogen-bond acceptors (Lipinski definition) is 5. The lowest BCUT2D eigenvalue weighted by molar-refractivity contribution is -0.384. The molecule has 24 heavy (non-hydrogen) atoms. The van der Waals surface area contributed by atoms with Crippen LogP contribution in [0.3, 0.4) is 0 Å². The molecule has 0 saturated carbocycles. The zero-order valence-electron chi connectivity index (χ0n) is 12.6. The Morgan fingerprint density at radius 2 is 2.00 bits per heavy atom. The minimum atomic E-state index is -0.437. The predicted molar refractivity (Wildman–Crippen MR) is 92.1 cm³/mol. The number of hydrogen-bond donors (Lipinski definition) is 2. The number of nitro groups is 1. The van der Waals surface area contributed by atoms with Crippen LogP contribution < -0.4 is 5.32 Å². The maximum atomic E-state index is 10.8. The summed E-state index contributed by atoms with van der Waals surface area (Å²) in [6.07, 6.45) is 0.643. The largest absolute Gasteiger partial charge is 0.385 e. The molecule has 3 rings (SSSR count). The van der Waals surface area contributed by atoms with Gasteiger partial charge >= 0.3 is 0 Å². The van der Waals surface area contributed by atoms with Crippen molar-refractivity contribution in [2.24, 2.45) is 0 Å². The summed E-state index contributed by atoms with van der Waals surface area (Å²) >= 11 is 5.84. The van der Waals surface area contributed by atoms with Crippen molar-refractivity contribution in [2.75, 3.05) is 11.9 Å². The maximum absolute atomic E-state index is 10.8. The number of H-pyrrole nitrogens is 1. The van der Waals surface area contributed by atoms with E-state index in [-0.39, 0.29) is 5.69 Å². The van der Waals surface area contributed by atoms with Crippen LogP contribution >= 0.6 is 11.6 Å². The van der Waals surface area contributed by atoms with Crippen LogP contribution in [-0.2, 0) is 6.42 Å². The third-order valence-electron chi connectivity index (χ3n) is 3.38. The Kier molecular flexibility index (Phi) is 4.72. The fraction of sp³-hybridized carbons (Fsp3) is 0.125. The molecule has 0 aliphatic heterocycles. The van der Waals surface area contributed by atoms with Gasteiger partial charge in [-0.1, -0.05) is 23.7 Å². The Morgan fingerprint density at radius 1 is 1.21 bits per heavy atom. The van der Waals surface area contributed by atoms with E-state index in [2.05, 4.69) is 20.5 Å². The SMILES string of the molecule is O=[N+]([O-])c1cccc(-c2n[nH]c(CCNc3ccc(Cl)cc3)n2)c1. The van der Waals surface area contributed by atoms with Crippen molar-refractivity contribution in [3.63, 3.8) is 0 Å². The third-order valence-corrected chi connectivity index (χ3v) is 3.63. The molecule has 2 aromatic carbocycles. The molecule has 122 valence electrons. The number of nitro benzene ring substituents is 1. The normalized spacial score (nSPS) is 10.5. The smallest absolute Gasteiger partial charge is 0.270 e. The quantitative estimate of drug-likeness (QED) is 0.525. The number of anilines is 1. The second-order valence-electron chi connectivity index (χ2n) is 5.10. The van der Waals surface area contributed by atoms with Crippen LogP contribution in [0, 0.1) is 10.1 Å². The van der Waals surface area contributed by atoms with E-state index in [0.717, 1.165) is 5.69 Å². The number of benzene rings is 2. The number of nitrogens with zero attached hydrogens (tertiary/aromatic N) is 3. The van der Waals surface area contributed by atoms with Gasteiger partial charge in [0.2, 0.25) is 0 Å². The highest BCUT2D eigenvalue weighted by Crippen LogP contribution is 2.20. The summed E-state index contributed by atoms with van der Waals surface area (Å²) < 4.78 is 0. The molecule has 3 aromatic rings. The van der Waals surface area contributed by atoms with E-state index in [0.29, 0.717) is 35.2 Å². The van der Waals surface area contributed by atoms with E-state index >= 15 is 0 Å². The summed E-state index contributed by atoms with van der Waals surface area (Å²) in [5.74, 6) is 1.15. The van der Waals surface area contributed by atoms with Gasteiger partial charge in [0.1, 0.15) is 5.82 Å². The molecule has 2 N–H and O–H groups in total. The molecule has 7 nitrogen and oxygen atoms in total. The Morgan fingerprint density at radius 3 is 2.75 bits per heavy atom. The second-order valence-corrected chi connectivity index (χ2v) is 5.53. The molecule has 0 amide bonds. The summed E-state index contributed by atoms with van der Waals surface area (Å²) in [6.45, 7) is 0.672. The highest BCUT2D eigenvalue weighted by atomic mass is 35.5. The average Bonchev–Trinajstić information content (AvgIpc) is 3.06. The molecule has 0 fully saturated rings. The summed E-state index contributed by atoms with van der Waals surface area (Å²) in [7, 11) is 0. The summed E-state index contributed by atoms with van der Waals surface area (Å²) in [4.78, 5) is 14.8. The van der Waals surface area contributed by atoms with Gasteiger partial charge in [0, 0.05) is 41.4 Å². The summed E-state index contributed by atoms with van der Waals surface area (Å²) in [5, 5.41) is 21.8. The fourth-order valence-electron chi connectivity index (χ4n) is 2.19. The van der Waals surface area contributed by atoms with E-state index in [4.69, 9.17) is 11.6 Å². The first-order chi connectivity index (χ1) is 11.6. The number of rotatable bonds is 6. The molecule has 0 bridgehead atoms. The number of aromatic amines is 1. The minimum Gasteiger partial charge on any atom is -0.385 e. The lowest BCUT2D eigenvalue weighted by Crippen LogP contribution is -2.05. The standard InChI is InChI=1S/C16H14ClN5O2/c17-12-4-6-13(7-5-12)18-9-8-15-19-16(21-20-15)11-2-1-3-14(10-11)22(23)24/h1-7,10,18H,8-9H2,(H,19,20,21). The molecular weight excluding hydrogens is 330 g/mol. The molecule has 0 spiro atoms. The first-order valence-corrected chi connectivity index (χ1v) is 7.65. The van der Waals surface area contributed by atoms with Crippen molar-refractivity contribution in [3.05, 3.63) is 69.5 Å². The van der Waals surface area contributed by atoms with E-state index in [1.807, 2.05) is 24.3 Å². The van der Waals surface area contributed by atoms with Gasteiger partial charge in [-0.15, -0.1) is 0 Å². The number of aromatic nitrogens is 3. The van der Waals surface area contributed by atoms with Gasteiger partial charge in [0.25, 0.3) is 5.69 Å². The van der Waals surface area contributed by atoms with E-state index in [1.54, 1.807) is 12.1 Å². The zero-order chi connectivity index (χ0) is 16.9. The number of non-ortho nitro benzene ring substituents is 1. The molecule has 0 radical (unpaired) electrons. The van der Waals surface area contributed by atoms with E-state index < -0.39 is 4.92 Å². The van der Waals surface area contributed by atoms with Crippen LogP contribution in [0.1, 0.15) is 5.82 Å². The van der Waals surface area contributed by atoms with Crippen LogP contribution in [0.25, 0.3) is 11.4 Å². The topological polar surface area (TPSA) is 96.7 Å². The number of nitrogens with one attached hydrogen (secondary N) is 2. The van der Waals surface area contributed by atoms with Crippen LogP contribution in [0.15, 0.2) is 48.5 Å². The summed E-state index contributed by atoms with van der Waals surface area (Å²) in [6, 6.07) is 13.7. The molecule has 0 atom stereocenters. The molecule has 1 aromatic heterocycles. The van der Waals surface area contributed by atoms with E-state index in [1.165, 1.54) is 12.1 Å². The average molecular weight is 344 g/mol. The number of halogens is 1. The molecule has 0 aliphatic carbocycles. The third kappa shape index (κ3) is 3.88. The monoisotopic (exact) mass is 343 g/mol. The van der Waals surface area contributed by atoms with Gasteiger partial charge in [-0.25, -0.2) is 4.98 Å². The van der Waals surface area contributed by atoms with Crippen LogP contribution in [0.2, 0.25) is 5.02 Å². The van der Waals surface area contributed by atoms with Crippen LogP contribution in [0.5, 0.6) is 0 Å². The maximum Gasteiger partial charge on any atom is 0.270 e. The fourth-order valence-corrected chi connectivity index (χ4v) is 2.31. The molecule has 0 saturated heterocycles. The zero-order valence-corrected chi connectivity index (χ0v) is 13.3. The van der Waals surface area contributed by atoms with E-state index in [9.17, 15) is 10.1 Å². The van der Waals surface area contributed by atoms with Crippen molar-refractivity contribution >= 4 is 23.0 Å². The highest BCUT2D eigenvalue weighted by Gasteiger charge is 2.10. The summed E-state index contributed by atoms with van der Waals surface area (Å²) in [5.41, 5.74) is 1.60. The van der Waals surface area contributed by atoms with Gasteiger partial charge in [-0.2, -0.15) is 5.10 Å². The lowest BCUT2D eigenvalue weighted by atomic mass is 10.2. The van der Waals surface area contributed by atoms with Crippen LogP contribution in [0.4, 0.5) is 11.4 Å². The molecule has 0 aliphatic rings.